The van der Waals surface area contributed by atoms with Gasteiger partial charge in [-0.25, -0.2) is 0 Å². The molecule has 1 aliphatic heterocycles. The molecule has 0 saturated carbocycles. The summed E-state index contributed by atoms with van der Waals surface area (Å²) in [5.41, 5.74) is 2.11. The molecule has 0 aliphatic carbocycles. The van der Waals surface area contributed by atoms with Crippen LogP contribution >= 0.6 is 10.9 Å². The number of carbonyl (C=O) groups is 1. The second-order valence-corrected chi connectivity index (χ2v) is 6.50. The van der Waals surface area contributed by atoms with Crippen LogP contribution in [0.2, 0.25) is 0 Å². The van der Waals surface area contributed by atoms with Crippen molar-refractivity contribution in [3.05, 3.63) is 64.3 Å². The summed E-state index contributed by atoms with van der Waals surface area (Å²) in [5.74, 6) is 0.432. The molecule has 1 heterocycles. The number of benzene rings is 1. The van der Waals surface area contributed by atoms with Crippen LogP contribution in [0, 0.1) is 0 Å². The molecular weight excluding hydrogens is 254 g/mol. The van der Waals surface area contributed by atoms with Gasteiger partial charge >= 0.3 is 0 Å². The van der Waals surface area contributed by atoms with Crippen molar-refractivity contribution in [2.45, 2.75) is 19.8 Å². The zero-order valence-corrected chi connectivity index (χ0v) is 12.1. The lowest BCUT2D eigenvalue weighted by Crippen LogP contribution is -2.07. The number of amides is 1. The molecule has 2 rings (SSSR count). The Labute approximate surface area is 117 Å². The van der Waals surface area contributed by atoms with Gasteiger partial charge in [0.2, 0.25) is 5.91 Å². The number of allylic oxidation sites excluding steroid dienone is 2. The highest BCUT2D eigenvalue weighted by atomic mass is 32.2. The quantitative estimate of drug-likeness (QED) is 0.621. The number of anilines is 1. The van der Waals surface area contributed by atoms with Gasteiger partial charge in [0.15, 0.2) is 0 Å². The first kappa shape index (κ1) is 13.7. The van der Waals surface area contributed by atoms with Crippen molar-refractivity contribution in [2.24, 2.45) is 0 Å². The highest BCUT2D eigenvalue weighted by Gasteiger charge is 2.01. The van der Waals surface area contributed by atoms with Crippen LogP contribution in [0.4, 0.5) is 5.69 Å². The standard InChI is InChI=1S/C16H19NOS/c1-13(2)14-5-7-15(8-6-14)17-16(18)9-12-19-10-3-4-11-19/h3-13,19H,1-2H3,(H,17,18). The Kier molecular flexibility index (Phi) is 4.63. The van der Waals surface area contributed by atoms with Gasteiger partial charge < -0.3 is 5.32 Å². The van der Waals surface area contributed by atoms with Crippen LogP contribution in [0.5, 0.6) is 0 Å². The van der Waals surface area contributed by atoms with Crippen molar-refractivity contribution >= 4 is 22.5 Å². The van der Waals surface area contributed by atoms with Gasteiger partial charge in [-0.05, 0) is 39.8 Å². The van der Waals surface area contributed by atoms with E-state index in [0.717, 1.165) is 5.69 Å². The van der Waals surface area contributed by atoms with Gasteiger partial charge in [0.1, 0.15) is 0 Å². The third-order valence-electron chi connectivity index (χ3n) is 2.87. The number of hydrogen-bond donors (Lipinski definition) is 2. The van der Waals surface area contributed by atoms with E-state index >= 15 is 0 Å². The zero-order valence-electron chi connectivity index (χ0n) is 11.2. The summed E-state index contributed by atoms with van der Waals surface area (Å²) < 4.78 is 0. The van der Waals surface area contributed by atoms with E-state index in [0.29, 0.717) is 5.92 Å². The van der Waals surface area contributed by atoms with E-state index in [1.807, 2.05) is 29.7 Å². The zero-order chi connectivity index (χ0) is 13.7. The van der Waals surface area contributed by atoms with Crippen molar-refractivity contribution < 1.29 is 4.79 Å². The minimum atomic E-state index is -0.369. The number of hydrogen-bond acceptors (Lipinski definition) is 1. The number of carbonyl (C=O) groups excluding carboxylic acids is 1. The summed E-state index contributed by atoms with van der Waals surface area (Å²) in [6.45, 7) is 4.31. The number of nitrogens with one attached hydrogen (secondary N) is 1. The van der Waals surface area contributed by atoms with Crippen LogP contribution in [0.25, 0.3) is 0 Å². The van der Waals surface area contributed by atoms with Gasteiger partial charge in [-0.3, -0.25) is 4.79 Å². The molecule has 0 fully saturated rings. The van der Waals surface area contributed by atoms with Crippen LogP contribution in [0.1, 0.15) is 25.3 Å². The molecule has 0 spiro atoms. The molecule has 1 aromatic rings. The summed E-state index contributed by atoms with van der Waals surface area (Å²) in [4.78, 5) is 11.8. The largest absolute Gasteiger partial charge is 0.322 e. The predicted octanol–water partition coefficient (Wildman–Crippen LogP) is 4.30. The first-order valence-electron chi connectivity index (χ1n) is 6.37. The van der Waals surface area contributed by atoms with Crippen LogP contribution < -0.4 is 5.32 Å². The van der Waals surface area contributed by atoms with Gasteiger partial charge in [0, 0.05) is 11.8 Å². The molecule has 0 radical (unpaired) electrons. The summed E-state index contributed by atoms with van der Waals surface area (Å²) >= 11 is 0. The Morgan fingerprint density at radius 1 is 1.16 bits per heavy atom. The van der Waals surface area contributed by atoms with E-state index in [1.165, 1.54) is 5.56 Å². The fraction of sp³-hybridized carbons (Fsp3) is 0.188. The summed E-state index contributed by atoms with van der Waals surface area (Å²) in [6, 6.07) is 8.00. The Bertz CT molecular complexity index is 514. The second-order valence-electron chi connectivity index (χ2n) is 4.71. The van der Waals surface area contributed by atoms with Crippen LogP contribution in [0.3, 0.4) is 0 Å². The van der Waals surface area contributed by atoms with E-state index in [9.17, 15) is 4.79 Å². The SMILES string of the molecule is CC(C)c1ccc(NC(=O)C=C[SH]2C=CC=C2)cc1. The van der Waals surface area contributed by atoms with Crippen molar-refractivity contribution in [1.82, 2.24) is 0 Å². The summed E-state index contributed by atoms with van der Waals surface area (Å²) in [6.07, 6.45) is 5.64. The van der Waals surface area contributed by atoms with Gasteiger partial charge in [0.05, 0.1) is 0 Å². The minimum Gasteiger partial charge on any atom is -0.322 e. The minimum absolute atomic E-state index is 0.0755. The Morgan fingerprint density at radius 2 is 1.79 bits per heavy atom. The number of rotatable bonds is 4. The van der Waals surface area contributed by atoms with Gasteiger partial charge in [-0.15, -0.1) is 0 Å². The van der Waals surface area contributed by atoms with E-state index < -0.39 is 0 Å². The molecule has 0 aromatic heterocycles. The molecular formula is C16H19NOS. The molecule has 1 N–H and O–H groups in total. The van der Waals surface area contributed by atoms with Gasteiger partial charge in [-0.1, -0.05) is 38.1 Å². The fourth-order valence-corrected chi connectivity index (χ4v) is 2.94. The molecule has 3 heteroatoms. The molecule has 0 unspecified atom stereocenters. The third-order valence-corrected chi connectivity index (χ3v) is 4.40. The topological polar surface area (TPSA) is 29.1 Å². The van der Waals surface area contributed by atoms with Crippen molar-refractivity contribution in [3.63, 3.8) is 0 Å². The number of thiol groups is 1. The highest BCUT2D eigenvalue weighted by Crippen LogP contribution is 2.33. The van der Waals surface area contributed by atoms with Crippen LogP contribution in [0.15, 0.2) is 58.7 Å². The molecule has 1 aliphatic rings. The second kappa shape index (κ2) is 6.43. The van der Waals surface area contributed by atoms with Gasteiger partial charge in [0.25, 0.3) is 0 Å². The predicted molar refractivity (Wildman–Crippen MR) is 85.6 cm³/mol. The Balaban J connectivity index is 1.91. The lowest BCUT2D eigenvalue weighted by molar-refractivity contribution is -0.111. The molecule has 2 nitrogen and oxygen atoms in total. The Morgan fingerprint density at radius 3 is 2.37 bits per heavy atom. The average molecular weight is 273 g/mol. The van der Waals surface area contributed by atoms with E-state index in [-0.39, 0.29) is 16.8 Å². The monoisotopic (exact) mass is 273 g/mol. The molecule has 19 heavy (non-hydrogen) atoms. The van der Waals surface area contributed by atoms with E-state index in [2.05, 4.69) is 42.1 Å². The van der Waals surface area contributed by atoms with Crippen LogP contribution in [-0.4, -0.2) is 5.91 Å². The normalized spacial score (nSPS) is 15.6. The molecule has 100 valence electrons. The molecule has 0 bridgehead atoms. The summed E-state index contributed by atoms with van der Waals surface area (Å²) in [7, 11) is -0.369. The molecule has 0 saturated heterocycles. The lowest BCUT2D eigenvalue weighted by Gasteiger charge is -2.07. The maximum absolute atomic E-state index is 11.8. The maximum atomic E-state index is 11.8. The lowest BCUT2D eigenvalue weighted by atomic mass is 10.0. The van der Waals surface area contributed by atoms with E-state index in [1.54, 1.807) is 6.08 Å². The van der Waals surface area contributed by atoms with Gasteiger partial charge in [-0.2, -0.15) is 10.9 Å². The average Bonchev–Trinajstić information content (AvgIpc) is 2.90. The molecule has 1 amide bonds. The first-order chi connectivity index (χ1) is 9.15. The summed E-state index contributed by atoms with van der Waals surface area (Å²) in [5, 5.41) is 9.04. The maximum Gasteiger partial charge on any atom is 0.248 e. The van der Waals surface area contributed by atoms with Crippen LogP contribution in [-0.2, 0) is 4.79 Å². The third kappa shape index (κ3) is 4.14. The van der Waals surface area contributed by atoms with Crippen molar-refractivity contribution in [2.75, 3.05) is 5.32 Å². The molecule has 0 atom stereocenters. The fourth-order valence-electron chi connectivity index (χ4n) is 1.74. The smallest absolute Gasteiger partial charge is 0.248 e. The first-order valence-corrected chi connectivity index (χ1v) is 7.91. The van der Waals surface area contributed by atoms with Crippen molar-refractivity contribution in [1.29, 1.82) is 0 Å². The molecule has 1 aromatic carbocycles. The Hall–Kier alpha value is -1.74. The van der Waals surface area contributed by atoms with Crippen molar-refractivity contribution in [3.8, 4) is 0 Å². The highest BCUT2D eigenvalue weighted by molar-refractivity contribution is 8.24. The van der Waals surface area contributed by atoms with E-state index in [4.69, 9.17) is 0 Å².